The number of aromatic nitrogens is 4. The van der Waals surface area contributed by atoms with Gasteiger partial charge in [-0.2, -0.15) is 14.8 Å². The second kappa shape index (κ2) is 6.31. The molecule has 0 aromatic carbocycles. The Hall–Kier alpha value is -2.80. The molecule has 1 N–H and O–H groups in total. The lowest BCUT2D eigenvalue weighted by Gasteiger charge is -2.05. The molecule has 0 bridgehead atoms. The van der Waals surface area contributed by atoms with Crippen LogP contribution < -0.4 is 5.32 Å². The molecule has 0 saturated heterocycles. The van der Waals surface area contributed by atoms with Crippen LogP contribution in [0.3, 0.4) is 0 Å². The summed E-state index contributed by atoms with van der Waals surface area (Å²) in [4.78, 5) is 16.1. The predicted octanol–water partition coefficient (Wildman–Crippen LogP) is 1.20. The fraction of sp³-hybridized carbons (Fsp3) is 0.200. The van der Waals surface area contributed by atoms with Gasteiger partial charge >= 0.3 is 0 Å². The van der Waals surface area contributed by atoms with Crippen LogP contribution in [0.1, 0.15) is 21.6 Å². The third-order valence-corrected chi connectivity index (χ3v) is 3.24. The van der Waals surface area contributed by atoms with E-state index in [1.165, 1.54) is 6.20 Å². The summed E-state index contributed by atoms with van der Waals surface area (Å²) in [6.45, 7) is 0.711. The largest absolute Gasteiger partial charge is 0.378 e. The maximum absolute atomic E-state index is 12.1. The van der Waals surface area contributed by atoms with Crippen molar-refractivity contribution in [3.8, 4) is 0 Å². The topological polar surface area (TPSA) is 81.4 Å². The molecule has 0 aliphatic carbocycles. The van der Waals surface area contributed by atoms with Crippen LogP contribution in [0.25, 0.3) is 5.52 Å². The van der Waals surface area contributed by atoms with Crippen molar-refractivity contribution in [2.24, 2.45) is 0 Å². The van der Waals surface area contributed by atoms with E-state index in [0.29, 0.717) is 18.7 Å². The van der Waals surface area contributed by atoms with Crippen LogP contribution in [0.2, 0.25) is 0 Å². The van der Waals surface area contributed by atoms with E-state index in [-0.39, 0.29) is 5.91 Å². The first-order valence-corrected chi connectivity index (χ1v) is 6.78. The summed E-state index contributed by atoms with van der Waals surface area (Å²) in [6, 6.07) is 7.19. The average Bonchev–Trinajstić information content (AvgIpc) is 2.91. The molecule has 0 aliphatic heterocycles. The molecule has 3 rings (SSSR count). The van der Waals surface area contributed by atoms with E-state index in [2.05, 4.69) is 20.5 Å². The van der Waals surface area contributed by atoms with E-state index in [1.54, 1.807) is 36.3 Å². The zero-order valence-electron chi connectivity index (χ0n) is 12.1. The van der Waals surface area contributed by atoms with Crippen molar-refractivity contribution >= 4 is 11.4 Å². The van der Waals surface area contributed by atoms with Crippen molar-refractivity contribution in [2.75, 3.05) is 7.11 Å². The second-order valence-corrected chi connectivity index (χ2v) is 4.68. The number of nitrogens with one attached hydrogen (secondary N) is 1. The molecule has 7 heteroatoms. The molecule has 0 atom stereocenters. The number of ether oxygens (including phenoxy) is 1. The molecule has 0 unspecified atom stereocenters. The maximum atomic E-state index is 12.1. The van der Waals surface area contributed by atoms with Crippen molar-refractivity contribution in [1.82, 2.24) is 25.1 Å². The van der Waals surface area contributed by atoms with Crippen LogP contribution in [-0.2, 0) is 17.9 Å². The van der Waals surface area contributed by atoms with E-state index in [1.807, 2.05) is 12.1 Å². The molecule has 3 heterocycles. The minimum Gasteiger partial charge on any atom is -0.378 e. The summed E-state index contributed by atoms with van der Waals surface area (Å²) < 4.78 is 6.70. The minimum atomic E-state index is -0.181. The fourth-order valence-electron chi connectivity index (χ4n) is 2.20. The van der Waals surface area contributed by atoms with Gasteiger partial charge in [0.25, 0.3) is 5.91 Å². The fourth-order valence-corrected chi connectivity index (χ4v) is 2.20. The number of hydrogen-bond acceptors (Lipinski definition) is 5. The number of pyridine rings is 1. The van der Waals surface area contributed by atoms with Gasteiger partial charge in [0, 0.05) is 37.8 Å². The lowest BCUT2D eigenvalue weighted by atomic mass is 10.2. The third kappa shape index (κ3) is 2.79. The number of hydrogen-bond donors (Lipinski definition) is 1. The number of rotatable bonds is 5. The quantitative estimate of drug-likeness (QED) is 0.765. The molecular formula is C15H15N5O2. The smallest absolute Gasteiger partial charge is 0.253 e. The standard InChI is InChI=1S/C15H15N5O2/c1-22-10-13-12(14-5-3-7-18-20(14)19-13)9-17-15(21)11-4-2-6-16-8-11/h2-8H,9-10H2,1H3,(H,17,21). The van der Waals surface area contributed by atoms with Gasteiger partial charge in [-0.3, -0.25) is 9.78 Å². The SMILES string of the molecule is COCc1nn2ncccc2c1CNC(=O)c1cccnc1. The van der Waals surface area contributed by atoms with E-state index < -0.39 is 0 Å². The van der Waals surface area contributed by atoms with Crippen LogP contribution in [0.5, 0.6) is 0 Å². The highest BCUT2D eigenvalue weighted by Gasteiger charge is 2.14. The van der Waals surface area contributed by atoms with Gasteiger partial charge in [0.05, 0.1) is 23.4 Å². The van der Waals surface area contributed by atoms with Crippen LogP contribution in [-0.4, -0.2) is 32.8 Å². The van der Waals surface area contributed by atoms with Gasteiger partial charge in [-0.1, -0.05) is 0 Å². The molecule has 0 aliphatic rings. The zero-order valence-corrected chi connectivity index (χ0v) is 12.1. The van der Waals surface area contributed by atoms with Crippen molar-refractivity contribution in [3.63, 3.8) is 0 Å². The van der Waals surface area contributed by atoms with Crippen molar-refractivity contribution in [1.29, 1.82) is 0 Å². The molecule has 112 valence electrons. The summed E-state index contributed by atoms with van der Waals surface area (Å²) in [5, 5.41) is 11.4. The van der Waals surface area contributed by atoms with Gasteiger partial charge in [-0.15, -0.1) is 0 Å². The Morgan fingerprint density at radius 1 is 1.32 bits per heavy atom. The monoisotopic (exact) mass is 297 g/mol. The Morgan fingerprint density at radius 3 is 2.95 bits per heavy atom. The second-order valence-electron chi connectivity index (χ2n) is 4.68. The predicted molar refractivity (Wildman–Crippen MR) is 79.1 cm³/mol. The van der Waals surface area contributed by atoms with Gasteiger partial charge in [-0.05, 0) is 24.3 Å². The molecule has 3 aromatic rings. The van der Waals surface area contributed by atoms with E-state index >= 15 is 0 Å². The zero-order chi connectivity index (χ0) is 15.4. The number of carbonyl (C=O) groups is 1. The Kier molecular flexibility index (Phi) is 4.06. The summed E-state index contributed by atoms with van der Waals surface area (Å²) in [5.41, 5.74) is 3.02. The van der Waals surface area contributed by atoms with Crippen LogP contribution in [0.4, 0.5) is 0 Å². The molecule has 0 spiro atoms. The lowest BCUT2D eigenvalue weighted by molar-refractivity contribution is 0.0950. The van der Waals surface area contributed by atoms with Crippen molar-refractivity contribution in [2.45, 2.75) is 13.2 Å². The highest BCUT2D eigenvalue weighted by molar-refractivity contribution is 5.93. The van der Waals surface area contributed by atoms with Crippen LogP contribution >= 0.6 is 0 Å². The Labute approximate surface area is 126 Å². The highest BCUT2D eigenvalue weighted by Crippen LogP contribution is 2.15. The number of carbonyl (C=O) groups excluding carboxylic acids is 1. The molecule has 0 radical (unpaired) electrons. The third-order valence-electron chi connectivity index (χ3n) is 3.24. The lowest BCUT2D eigenvalue weighted by Crippen LogP contribution is -2.23. The van der Waals surface area contributed by atoms with E-state index in [4.69, 9.17) is 4.74 Å². The highest BCUT2D eigenvalue weighted by atomic mass is 16.5. The van der Waals surface area contributed by atoms with Crippen LogP contribution in [0.15, 0.2) is 42.9 Å². The molecule has 1 amide bonds. The van der Waals surface area contributed by atoms with E-state index in [0.717, 1.165) is 16.8 Å². The summed E-state index contributed by atoms with van der Waals surface area (Å²) >= 11 is 0. The van der Waals surface area contributed by atoms with Crippen LogP contribution in [0, 0.1) is 0 Å². The molecule has 3 aromatic heterocycles. The first-order chi connectivity index (χ1) is 10.8. The van der Waals surface area contributed by atoms with Gasteiger partial charge in [0.15, 0.2) is 0 Å². The minimum absolute atomic E-state index is 0.181. The molecular weight excluding hydrogens is 282 g/mol. The average molecular weight is 297 g/mol. The molecule has 0 fully saturated rings. The van der Waals surface area contributed by atoms with Crippen molar-refractivity contribution < 1.29 is 9.53 Å². The van der Waals surface area contributed by atoms with Gasteiger partial charge in [0.2, 0.25) is 0 Å². The maximum Gasteiger partial charge on any atom is 0.253 e. The van der Waals surface area contributed by atoms with Gasteiger partial charge < -0.3 is 10.1 Å². The Balaban J connectivity index is 1.84. The van der Waals surface area contributed by atoms with Crippen molar-refractivity contribution in [3.05, 3.63) is 59.7 Å². The first kappa shape index (κ1) is 14.2. The van der Waals surface area contributed by atoms with E-state index in [9.17, 15) is 4.79 Å². The normalized spacial score (nSPS) is 10.8. The summed E-state index contributed by atoms with van der Waals surface area (Å²) in [6.07, 6.45) is 4.82. The molecule has 7 nitrogen and oxygen atoms in total. The Bertz CT molecular complexity index is 785. The number of amides is 1. The number of methoxy groups -OCH3 is 1. The number of nitrogens with zero attached hydrogens (tertiary/aromatic N) is 4. The van der Waals surface area contributed by atoms with Gasteiger partial charge in [0.1, 0.15) is 0 Å². The summed E-state index contributed by atoms with van der Waals surface area (Å²) in [7, 11) is 1.61. The van der Waals surface area contributed by atoms with Gasteiger partial charge in [-0.25, -0.2) is 0 Å². The summed E-state index contributed by atoms with van der Waals surface area (Å²) in [5.74, 6) is -0.181. The molecule has 22 heavy (non-hydrogen) atoms. The molecule has 0 saturated carbocycles. The number of fused-ring (bicyclic) bond motifs is 1. The first-order valence-electron chi connectivity index (χ1n) is 6.78. The Morgan fingerprint density at radius 2 is 2.18 bits per heavy atom.